The molecule has 5 nitrogen and oxygen atoms in total. The van der Waals surface area contributed by atoms with Crippen LogP contribution in [-0.4, -0.2) is 47.1 Å². The van der Waals surface area contributed by atoms with Crippen LogP contribution in [0.1, 0.15) is 11.6 Å². The molecule has 3 aromatic rings. The summed E-state index contributed by atoms with van der Waals surface area (Å²) in [5.74, 6) is -1.26. The van der Waals surface area contributed by atoms with Crippen LogP contribution >= 0.6 is 11.6 Å². The summed E-state index contributed by atoms with van der Waals surface area (Å²) in [4.78, 5) is 19.2. The molecule has 27 heavy (non-hydrogen) atoms. The number of rotatable bonds is 4. The van der Waals surface area contributed by atoms with Gasteiger partial charge in [-0.2, -0.15) is 0 Å². The Labute approximate surface area is 161 Å². The normalized spacial score (nSPS) is 16.6. The SMILES string of the molecule is O=C(O)[C@H](c1c[nH]c2cc(F)ccc12)N1CCN(c2cccc(Cl)c2)CC1. The third kappa shape index (κ3) is 3.50. The Morgan fingerprint density at radius 1 is 1.15 bits per heavy atom. The molecule has 0 unspecified atom stereocenters. The molecule has 1 aliphatic rings. The van der Waals surface area contributed by atoms with Crippen molar-refractivity contribution in [1.82, 2.24) is 9.88 Å². The molecular weight excluding hydrogens is 369 g/mol. The van der Waals surface area contributed by atoms with E-state index in [-0.39, 0.29) is 5.82 Å². The van der Waals surface area contributed by atoms with Gasteiger partial charge in [-0.3, -0.25) is 9.69 Å². The molecule has 0 radical (unpaired) electrons. The van der Waals surface area contributed by atoms with Gasteiger partial charge in [0, 0.05) is 59.6 Å². The number of fused-ring (bicyclic) bond motifs is 1. The minimum Gasteiger partial charge on any atom is -0.480 e. The topological polar surface area (TPSA) is 59.6 Å². The third-order valence-electron chi connectivity index (χ3n) is 5.06. The van der Waals surface area contributed by atoms with E-state index in [0.29, 0.717) is 42.3 Å². The Hall–Kier alpha value is -2.57. The van der Waals surface area contributed by atoms with Crippen molar-refractivity contribution in [2.45, 2.75) is 6.04 Å². The Morgan fingerprint density at radius 3 is 2.63 bits per heavy atom. The molecule has 1 atom stereocenters. The largest absolute Gasteiger partial charge is 0.480 e. The van der Waals surface area contributed by atoms with Crippen molar-refractivity contribution in [3.05, 3.63) is 65.1 Å². The first kappa shape index (κ1) is 17.8. The molecule has 4 rings (SSSR count). The van der Waals surface area contributed by atoms with E-state index in [0.717, 1.165) is 11.1 Å². The number of carboxylic acid groups (broad SMARTS) is 1. The second kappa shape index (κ2) is 7.21. The summed E-state index contributed by atoms with van der Waals surface area (Å²) >= 11 is 6.07. The van der Waals surface area contributed by atoms with Crippen LogP contribution in [0.3, 0.4) is 0 Å². The number of aromatic amines is 1. The highest BCUT2D eigenvalue weighted by atomic mass is 35.5. The Morgan fingerprint density at radius 2 is 1.93 bits per heavy atom. The minimum absolute atomic E-state index is 0.349. The summed E-state index contributed by atoms with van der Waals surface area (Å²) in [7, 11) is 0. The summed E-state index contributed by atoms with van der Waals surface area (Å²) in [6, 6.07) is 11.3. The predicted molar refractivity (Wildman–Crippen MR) is 104 cm³/mol. The molecule has 2 heterocycles. The van der Waals surface area contributed by atoms with Gasteiger partial charge in [-0.25, -0.2) is 4.39 Å². The zero-order valence-corrected chi connectivity index (χ0v) is 15.3. The van der Waals surface area contributed by atoms with Crippen molar-refractivity contribution < 1.29 is 14.3 Å². The molecule has 0 saturated carbocycles. The lowest BCUT2D eigenvalue weighted by molar-refractivity contribution is -0.143. The van der Waals surface area contributed by atoms with Crippen molar-refractivity contribution in [3.8, 4) is 0 Å². The molecule has 1 saturated heterocycles. The molecule has 0 aliphatic carbocycles. The number of aliphatic carboxylic acids is 1. The van der Waals surface area contributed by atoms with Crippen molar-refractivity contribution in [1.29, 1.82) is 0 Å². The molecule has 1 fully saturated rings. The van der Waals surface area contributed by atoms with Crippen LogP contribution in [0.4, 0.5) is 10.1 Å². The van der Waals surface area contributed by atoms with Gasteiger partial charge in [0.2, 0.25) is 0 Å². The van der Waals surface area contributed by atoms with Gasteiger partial charge in [-0.05, 0) is 36.4 Å². The molecule has 1 aromatic heterocycles. The summed E-state index contributed by atoms with van der Waals surface area (Å²) in [6.45, 7) is 2.64. The molecule has 0 spiro atoms. The van der Waals surface area contributed by atoms with Crippen LogP contribution < -0.4 is 4.90 Å². The predicted octanol–water partition coefficient (Wildman–Crippen LogP) is 3.91. The van der Waals surface area contributed by atoms with E-state index in [1.165, 1.54) is 12.1 Å². The smallest absolute Gasteiger partial charge is 0.325 e. The number of piperazine rings is 1. The van der Waals surface area contributed by atoms with E-state index in [1.807, 2.05) is 29.2 Å². The number of H-pyrrole nitrogens is 1. The van der Waals surface area contributed by atoms with Crippen molar-refractivity contribution in [3.63, 3.8) is 0 Å². The Kier molecular flexibility index (Phi) is 4.76. The zero-order valence-electron chi connectivity index (χ0n) is 14.5. The van der Waals surface area contributed by atoms with Crippen LogP contribution in [-0.2, 0) is 4.79 Å². The number of anilines is 1. The Bertz CT molecular complexity index is 982. The fraction of sp³-hybridized carbons (Fsp3) is 0.250. The van der Waals surface area contributed by atoms with E-state index in [1.54, 1.807) is 12.3 Å². The molecule has 0 bridgehead atoms. The fourth-order valence-corrected chi connectivity index (χ4v) is 3.93. The number of halogens is 2. The lowest BCUT2D eigenvalue weighted by atomic mass is 10.0. The summed E-state index contributed by atoms with van der Waals surface area (Å²) in [5, 5.41) is 11.3. The first-order valence-corrected chi connectivity index (χ1v) is 9.14. The van der Waals surface area contributed by atoms with E-state index >= 15 is 0 Å². The average Bonchev–Trinajstić information content (AvgIpc) is 3.05. The second-order valence-corrected chi connectivity index (χ2v) is 7.11. The van der Waals surface area contributed by atoms with Crippen LogP contribution in [0, 0.1) is 5.82 Å². The average molecular weight is 388 g/mol. The number of carbonyl (C=O) groups is 1. The van der Waals surface area contributed by atoms with Crippen molar-refractivity contribution in [2.75, 3.05) is 31.1 Å². The van der Waals surface area contributed by atoms with Crippen LogP contribution in [0.5, 0.6) is 0 Å². The number of hydrogen-bond donors (Lipinski definition) is 2. The van der Waals surface area contributed by atoms with Gasteiger partial charge < -0.3 is 15.0 Å². The summed E-state index contributed by atoms with van der Waals surface area (Å²) in [6.07, 6.45) is 1.67. The molecule has 1 aliphatic heterocycles. The van der Waals surface area contributed by atoms with Crippen LogP contribution in [0.25, 0.3) is 10.9 Å². The van der Waals surface area contributed by atoms with Gasteiger partial charge in [0.25, 0.3) is 0 Å². The molecule has 7 heteroatoms. The van der Waals surface area contributed by atoms with Crippen molar-refractivity contribution >= 4 is 34.2 Å². The lowest BCUT2D eigenvalue weighted by Gasteiger charge is -2.38. The monoisotopic (exact) mass is 387 g/mol. The minimum atomic E-state index is -0.906. The lowest BCUT2D eigenvalue weighted by Crippen LogP contribution is -2.49. The van der Waals surface area contributed by atoms with Gasteiger partial charge in [0.15, 0.2) is 0 Å². The Balaban J connectivity index is 1.56. The molecule has 2 N–H and O–H groups in total. The first-order chi connectivity index (χ1) is 13.0. The van der Waals surface area contributed by atoms with E-state index in [4.69, 9.17) is 11.6 Å². The number of nitrogens with one attached hydrogen (secondary N) is 1. The van der Waals surface area contributed by atoms with Gasteiger partial charge in [0.05, 0.1) is 0 Å². The molecule has 140 valence electrons. The second-order valence-electron chi connectivity index (χ2n) is 6.68. The molecular formula is C20H19ClFN3O2. The number of carboxylic acids is 1. The number of nitrogens with zero attached hydrogens (tertiary/aromatic N) is 2. The molecule has 2 aromatic carbocycles. The van der Waals surface area contributed by atoms with Crippen LogP contribution in [0.15, 0.2) is 48.7 Å². The third-order valence-corrected chi connectivity index (χ3v) is 5.29. The maximum absolute atomic E-state index is 13.4. The summed E-state index contributed by atoms with van der Waals surface area (Å²) in [5.41, 5.74) is 2.30. The highest BCUT2D eigenvalue weighted by molar-refractivity contribution is 6.30. The van der Waals surface area contributed by atoms with E-state index < -0.39 is 12.0 Å². The zero-order chi connectivity index (χ0) is 19.0. The molecule has 0 amide bonds. The maximum Gasteiger partial charge on any atom is 0.325 e. The number of aromatic nitrogens is 1. The quantitative estimate of drug-likeness (QED) is 0.712. The highest BCUT2D eigenvalue weighted by Crippen LogP contribution is 2.31. The number of benzene rings is 2. The fourth-order valence-electron chi connectivity index (χ4n) is 3.74. The number of hydrogen-bond acceptors (Lipinski definition) is 3. The van der Waals surface area contributed by atoms with Crippen LogP contribution in [0.2, 0.25) is 5.02 Å². The van der Waals surface area contributed by atoms with Gasteiger partial charge in [-0.1, -0.05) is 17.7 Å². The van der Waals surface area contributed by atoms with E-state index in [9.17, 15) is 14.3 Å². The van der Waals surface area contributed by atoms with Gasteiger partial charge >= 0.3 is 5.97 Å². The standard InChI is InChI=1S/C20H19ClFN3O2/c21-13-2-1-3-15(10-13)24-6-8-25(9-7-24)19(20(26)27)17-12-23-18-11-14(22)4-5-16(17)18/h1-5,10-12,19,23H,6-9H2,(H,26,27)/t19-/m0/s1. The van der Waals surface area contributed by atoms with Gasteiger partial charge in [0.1, 0.15) is 11.9 Å². The van der Waals surface area contributed by atoms with Gasteiger partial charge in [-0.15, -0.1) is 0 Å². The maximum atomic E-state index is 13.4. The van der Waals surface area contributed by atoms with E-state index in [2.05, 4.69) is 9.88 Å². The highest BCUT2D eigenvalue weighted by Gasteiger charge is 2.32. The summed E-state index contributed by atoms with van der Waals surface area (Å²) < 4.78 is 13.4. The van der Waals surface area contributed by atoms with Crippen molar-refractivity contribution in [2.24, 2.45) is 0 Å². The first-order valence-electron chi connectivity index (χ1n) is 8.77.